The van der Waals surface area contributed by atoms with E-state index in [9.17, 15) is 0 Å². The molecule has 0 bridgehead atoms. The molecule has 0 atom stereocenters. The maximum atomic E-state index is 8.95. The first-order valence-corrected chi connectivity index (χ1v) is 4.90. The van der Waals surface area contributed by atoms with Gasteiger partial charge < -0.3 is 11.5 Å². The summed E-state index contributed by atoms with van der Waals surface area (Å²) < 4.78 is 0. The van der Waals surface area contributed by atoms with Gasteiger partial charge in [-0.05, 0) is 24.5 Å². The molecule has 5 heteroatoms. The first-order valence-electron chi connectivity index (χ1n) is 4.90. The topological polar surface area (TPSA) is 101 Å². The number of benzene rings is 1. The summed E-state index contributed by atoms with van der Waals surface area (Å²) in [5.74, 6) is -0.0580. The molecule has 0 spiro atoms. The van der Waals surface area contributed by atoms with E-state index in [-0.39, 0.29) is 5.96 Å². The van der Waals surface area contributed by atoms with Crippen molar-refractivity contribution in [3.63, 3.8) is 0 Å². The van der Waals surface area contributed by atoms with Crippen LogP contribution in [-0.2, 0) is 6.42 Å². The lowest BCUT2D eigenvalue weighted by Gasteiger charge is -1.99. The van der Waals surface area contributed by atoms with Crippen LogP contribution < -0.4 is 11.5 Å². The molecule has 0 radical (unpaired) electrons. The zero-order valence-electron chi connectivity index (χ0n) is 8.64. The molecule has 2 rings (SSSR count). The van der Waals surface area contributed by atoms with Gasteiger partial charge in [-0.1, -0.05) is 12.1 Å². The Morgan fingerprint density at radius 1 is 1.31 bits per heavy atom. The average Bonchev–Trinajstić information content (AvgIpc) is 2.69. The summed E-state index contributed by atoms with van der Waals surface area (Å²) in [4.78, 5) is 0. The molecule has 0 aliphatic heterocycles. The highest BCUT2D eigenvalue weighted by molar-refractivity contribution is 6.05. The summed E-state index contributed by atoms with van der Waals surface area (Å²) in [6.45, 7) is 0. The predicted molar refractivity (Wildman–Crippen MR) is 61.8 cm³/mol. The van der Waals surface area contributed by atoms with Gasteiger partial charge in [0.2, 0.25) is 5.96 Å². The Labute approximate surface area is 93.1 Å². The summed E-state index contributed by atoms with van der Waals surface area (Å²) in [7, 11) is 0. The normalized spacial score (nSPS) is 15.6. The van der Waals surface area contributed by atoms with Crippen molar-refractivity contribution in [3.05, 3.63) is 34.9 Å². The molecule has 1 aromatic carbocycles. The summed E-state index contributed by atoms with van der Waals surface area (Å²) in [6, 6.07) is 7.76. The molecule has 1 aromatic rings. The maximum absolute atomic E-state index is 8.95. The Bertz CT molecular complexity index is 518. The van der Waals surface area contributed by atoms with E-state index in [2.05, 4.69) is 16.3 Å². The van der Waals surface area contributed by atoms with Gasteiger partial charge in [-0.2, -0.15) is 10.4 Å². The van der Waals surface area contributed by atoms with Crippen molar-refractivity contribution < 1.29 is 0 Å². The van der Waals surface area contributed by atoms with E-state index in [1.807, 2.05) is 18.2 Å². The number of rotatable bonds is 1. The van der Waals surface area contributed by atoms with Crippen LogP contribution >= 0.6 is 0 Å². The van der Waals surface area contributed by atoms with Crippen LogP contribution in [0.3, 0.4) is 0 Å². The van der Waals surface area contributed by atoms with E-state index >= 15 is 0 Å². The monoisotopic (exact) mass is 213 g/mol. The van der Waals surface area contributed by atoms with Crippen LogP contribution in [0, 0.1) is 11.3 Å². The molecule has 16 heavy (non-hydrogen) atoms. The van der Waals surface area contributed by atoms with E-state index in [0.717, 1.165) is 29.7 Å². The van der Waals surface area contributed by atoms with Gasteiger partial charge in [-0.3, -0.25) is 0 Å². The third kappa shape index (κ3) is 1.73. The molecule has 0 unspecified atom stereocenters. The van der Waals surface area contributed by atoms with Gasteiger partial charge in [-0.25, -0.2) is 0 Å². The van der Waals surface area contributed by atoms with Gasteiger partial charge >= 0.3 is 0 Å². The molecular formula is C11H11N5. The molecule has 5 nitrogen and oxygen atoms in total. The van der Waals surface area contributed by atoms with Crippen molar-refractivity contribution in [1.82, 2.24) is 0 Å². The molecule has 0 heterocycles. The van der Waals surface area contributed by atoms with Crippen LogP contribution in [0.15, 0.2) is 28.4 Å². The first-order chi connectivity index (χ1) is 7.72. The van der Waals surface area contributed by atoms with Crippen LogP contribution in [0.5, 0.6) is 0 Å². The molecule has 0 aromatic heterocycles. The quantitative estimate of drug-likeness (QED) is 0.403. The number of hydrogen-bond acceptors (Lipinski definition) is 3. The number of nitriles is 1. The van der Waals surface area contributed by atoms with Crippen molar-refractivity contribution in [2.45, 2.75) is 12.8 Å². The molecule has 0 fully saturated rings. The zero-order chi connectivity index (χ0) is 11.5. The fraction of sp³-hybridized carbons (Fsp3) is 0.182. The van der Waals surface area contributed by atoms with Crippen molar-refractivity contribution in [2.75, 3.05) is 0 Å². The Morgan fingerprint density at radius 3 is 2.81 bits per heavy atom. The van der Waals surface area contributed by atoms with Gasteiger partial charge in [0.05, 0.1) is 17.3 Å². The second-order valence-corrected chi connectivity index (χ2v) is 3.52. The molecule has 0 saturated heterocycles. The van der Waals surface area contributed by atoms with Crippen LogP contribution in [0.4, 0.5) is 0 Å². The highest BCUT2D eigenvalue weighted by atomic mass is 15.3. The van der Waals surface area contributed by atoms with Gasteiger partial charge in [-0.15, -0.1) is 5.10 Å². The van der Waals surface area contributed by atoms with Crippen LogP contribution in [-0.4, -0.2) is 11.7 Å². The Kier molecular flexibility index (Phi) is 2.56. The van der Waals surface area contributed by atoms with Crippen LogP contribution in [0.25, 0.3) is 0 Å². The number of guanidine groups is 1. The standard InChI is InChI=1S/C11H11N5/c12-6-7-2-1-3-9-8(7)4-5-10(9)15-16-11(13)14/h1-3H,4-5H2,(H4,13,14,16)/b15-10+. The molecule has 4 N–H and O–H groups in total. The molecule has 0 amide bonds. The summed E-state index contributed by atoms with van der Waals surface area (Å²) in [5, 5.41) is 16.6. The van der Waals surface area contributed by atoms with Crippen molar-refractivity contribution in [3.8, 4) is 6.07 Å². The number of nitrogens with two attached hydrogens (primary N) is 2. The summed E-state index contributed by atoms with van der Waals surface area (Å²) in [6.07, 6.45) is 1.59. The Morgan fingerprint density at radius 2 is 2.12 bits per heavy atom. The lowest BCUT2D eigenvalue weighted by Crippen LogP contribution is -2.22. The molecular weight excluding hydrogens is 202 g/mol. The highest BCUT2D eigenvalue weighted by Gasteiger charge is 2.20. The SMILES string of the molecule is N#Cc1cccc2c1CC/C2=N\N=C(N)N. The average molecular weight is 213 g/mol. The molecule has 1 aliphatic carbocycles. The molecule has 80 valence electrons. The van der Waals surface area contributed by atoms with E-state index in [1.165, 1.54) is 0 Å². The van der Waals surface area contributed by atoms with Crippen molar-refractivity contribution in [1.29, 1.82) is 5.26 Å². The summed E-state index contributed by atoms with van der Waals surface area (Å²) in [5.41, 5.74) is 14.0. The lowest BCUT2D eigenvalue weighted by atomic mass is 10.0. The van der Waals surface area contributed by atoms with E-state index in [1.54, 1.807) is 0 Å². The lowest BCUT2D eigenvalue weighted by molar-refractivity contribution is 1.07. The van der Waals surface area contributed by atoms with Gasteiger partial charge in [0.15, 0.2) is 0 Å². The van der Waals surface area contributed by atoms with Crippen molar-refractivity contribution >= 4 is 11.7 Å². The third-order valence-corrected chi connectivity index (χ3v) is 2.51. The van der Waals surface area contributed by atoms with Gasteiger partial charge in [0.1, 0.15) is 0 Å². The van der Waals surface area contributed by atoms with Crippen LogP contribution in [0.1, 0.15) is 23.1 Å². The smallest absolute Gasteiger partial charge is 0.211 e. The summed E-state index contributed by atoms with van der Waals surface area (Å²) >= 11 is 0. The minimum atomic E-state index is -0.0580. The number of nitrogens with zero attached hydrogens (tertiary/aromatic N) is 3. The van der Waals surface area contributed by atoms with Gasteiger partial charge in [0.25, 0.3) is 0 Å². The predicted octanol–water partition coefficient (Wildman–Crippen LogP) is 0.482. The highest BCUT2D eigenvalue weighted by Crippen LogP contribution is 2.25. The second-order valence-electron chi connectivity index (χ2n) is 3.52. The second kappa shape index (κ2) is 4.03. The van der Waals surface area contributed by atoms with Gasteiger partial charge in [0, 0.05) is 5.56 Å². The third-order valence-electron chi connectivity index (χ3n) is 2.51. The Balaban J connectivity index is 2.46. The molecule has 0 saturated carbocycles. The fourth-order valence-electron chi connectivity index (χ4n) is 1.83. The van der Waals surface area contributed by atoms with Crippen molar-refractivity contribution in [2.24, 2.45) is 21.7 Å². The largest absolute Gasteiger partial charge is 0.369 e. The zero-order valence-corrected chi connectivity index (χ0v) is 8.64. The van der Waals surface area contributed by atoms with E-state index in [4.69, 9.17) is 16.7 Å². The van der Waals surface area contributed by atoms with Crippen LogP contribution in [0.2, 0.25) is 0 Å². The number of fused-ring (bicyclic) bond motifs is 1. The fourth-order valence-corrected chi connectivity index (χ4v) is 1.83. The maximum Gasteiger partial charge on any atom is 0.211 e. The minimum absolute atomic E-state index is 0.0580. The minimum Gasteiger partial charge on any atom is -0.369 e. The van der Waals surface area contributed by atoms with E-state index in [0.29, 0.717) is 5.56 Å². The molecule has 1 aliphatic rings. The Hall–Kier alpha value is -2.35. The number of hydrogen-bond donors (Lipinski definition) is 2. The first kappa shape index (κ1) is 10.2. The van der Waals surface area contributed by atoms with E-state index < -0.39 is 0 Å².